The molecule has 0 saturated heterocycles. The van der Waals surface area contributed by atoms with Gasteiger partial charge in [-0.15, -0.1) is 16.7 Å². The van der Waals surface area contributed by atoms with Gasteiger partial charge < -0.3 is 10.1 Å². The van der Waals surface area contributed by atoms with E-state index in [1.807, 2.05) is 6.92 Å². The second-order valence-electron chi connectivity index (χ2n) is 4.03. The van der Waals surface area contributed by atoms with Crippen molar-refractivity contribution in [3.8, 4) is 5.75 Å². The van der Waals surface area contributed by atoms with Gasteiger partial charge in [-0.3, -0.25) is 4.79 Å². The van der Waals surface area contributed by atoms with Gasteiger partial charge in [0.1, 0.15) is 10.6 Å². The molecular formula is C13H14ClN3O2S. The van der Waals surface area contributed by atoms with Gasteiger partial charge in [0.2, 0.25) is 0 Å². The molecule has 2 rings (SSSR count). The number of alkyl halides is 1. The molecule has 1 N–H and O–H groups in total. The van der Waals surface area contributed by atoms with E-state index in [1.165, 1.54) is 0 Å². The Morgan fingerprint density at radius 1 is 1.50 bits per heavy atom. The van der Waals surface area contributed by atoms with Crippen LogP contribution in [0.1, 0.15) is 27.9 Å². The maximum atomic E-state index is 12.1. The molecule has 1 aromatic heterocycles. The van der Waals surface area contributed by atoms with Gasteiger partial charge in [-0.25, -0.2) is 0 Å². The summed E-state index contributed by atoms with van der Waals surface area (Å²) in [6.07, 6.45) is 0. The Labute approximate surface area is 126 Å². The van der Waals surface area contributed by atoms with Crippen LogP contribution in [-0.4, -0.2) is 22.1 Å². The van der Waals surface area contributed by atoms with Crippen LogP contribution in [0, 0.1) is 6.92 Å². The number of aromatic nitrogens is 2. The standard InChI is InChI=1S/C13H14ClN3O2S/c1-3-19-11-5-4-10(6-9(11)7-14)15-13(18)12-8(2)16-17-20-12/h4-6H,3,7H2,1-2H3,(H,15,18). The highest BCUT2D eigenvalue weighted by Crippen LogP contribution is 2.25. The van der Waals surface area contributed by atoms with E-state index in [9.17, 15) is 4.79 Å². The number of aryl methyl sites for hydroxylation is 1. The topological polar surface area (TPSA) is 64.1 Å². The lowest BCUT2D eigenvalue weighted by Gasteiger charge is -2.10. The number of hydrogen-bond donors (Lipinski definition) is 1. The summed E-state index contributed by atoms with van der Waals surface area (Å²) < 4.78 is 9.21. The minimum atomic E-state index is -0.220. The molecule has 2 aromatic rings. The van der Waals surface area contributed by atoms with Gasteiger partial charge >= 0.3 is 0 Å². The Balaban J connectivity index is 2.18. The molecule has 0 atom stereocenters. The minimum Gasteiger partial charge on any atom is -0.494 e. The second kappa shape index (κ2) is 6.67. The highest BCUT2D eigenvalue weighted by Gasteiger charge is 2.14. The molecule has 1 heterocycles. The summed E-state index contributed by atoms with van der Waals surface area (Å²) in [5, 5.41) is 6.62. The summed E-state index contributed by atoms with van der Waals surface area (Å²) in [4.78, 5) is 12.6. The first-order valence-electron chi connectivity index (χ1n) is 6.07. The number of rotatable bonds is 5. The number of nitrogens with zero attached hydrogens (tertiary/aromatic N) is 2. The van der Waals surface area contributed by atoms with Crippen LogP contribution < -0.4 is 10.1 Å². The zero-order valence-corrected chi connectivity index (χ0v) is 12.7. The summed E-state index contributed by atoms with van der Waals surface area (Å²) in [6.45, 7) is 4.23. The second-order valence-corrected chi connectivity index (χ2v) is 5.05. The Morgan fingerprint density at radius 3 is 2.90 bits per heavy atom. The maximum absolute atomic E-state index is 12.1. The number of anilines is 1. The molecule has 106 valence electrons. The normalized spacial score (nSPS) is 10.3. The summed E-state index contributed by atoms with van der Waals surface area (Å²) >= 11 is 6.96. The summed E-state index contributed by atoms with van der Waals surface area (Å²) in [7, 11) is 0. The van der Waals surface area contributed by atoms with Gasteiger partial charge in [0.05, 0.1) is 18.2 Å². The minimum absolute atomic E-state index is 0.220. The van der Waals surface area contributed by atoms with Crippen LogP contribution in [0.15, 0.2) is 18.2 Å². The third-order valence-corrected chi connectivity index (χ3v) is 3.73. The molecule has 0 aliphatic heterocycles. The van der Waals surface area contributed by atoms with Crippen LogP contribution in [0.3, 0.4) is 0 Å². The first-order chi connectivity index (χ1) is 9.65. The van der Waals surface area contributed by atoms with Gasteiger partial charge in [0, 0.05) is 11.3 Å². The molecule has 0 bridgehead atoms. The average molecular weight is 312 g/mol. The molecule has 0 spiro atoms. The largest absolute Gasteiger partial charge is 0.494 e. The lowest BCUT2D eigenvalue weighted by Crippen LogP contribution is -2.12. The number of halogens is 1. The lowest BCUT2D eigenvalue weighted by atomic mass is 10.2. The number of hydrogen-bond acceptors (Lipinski definition) is 5. The fourth-order valence-corrected chi connectivity index (χ4v) is 2.45. The number of amides is 1. The van der Waals surface area contributed by atoms with Crippen molar-refractivity contribution < 1.29 is 9.53 Å². The summed E-state index contributed by atoms with van der Waals surface area (Å²) in [5.74, 6) is 0.832. The van der Waals surface area contributed by atoms with Crippen molar-refractivity contribution in [2.75, 3.05) is 11.9 Å². The van der Waals surface area contributed by atoms with Crippen molar-refractivity contribution in [1.82, 2.24) is 9.59 Å². The van der Waals surface area contributed by atoms with Gasteiger partial charge in [-0.1, -0.05) is 4.49 Å². The molecule has 0 radical (unpaired) electrons. The Morgan fingerprint density at radius 2 is 2.30 bits per heavy atom. The first kappa shape index (κ1) is 14.7. The number of ether oxygens (including phenoxy) is 1. The molecule has 7 heteroatoms. The lowest BCUT2D eigenvalue weighted by molar-refractivity contribution is 0.103. The quantitative estimate of drug-likeness (QED) is 0.861. The van der Waals surface area contributed by atoms with Gasteiger partial charge in [-0.2, -0.15) is 0 Å². The molecular weight excluding hydrogens is 298 g/mol. The number of benzene rings is 1. The molecule has 1 amide bonds. The fraction of sp³-hybridized carbons (Fsp3) is 0.308. The predicted octanol–water partition coefficient (Wildman–Crippen LogP) is 3.24. The molecule has 0 saturated carbocycles. The van der Waals surface area contributed by atoms with Crippen LogP contribution in [-0.2, 0) is 5.88 Å². The monoisotopic (exact) mass is 311 g/mol. The van der Waals surface area contributed by atoms with Crippen molar-refractivity contribution in [2.24, 2.45) is 0 Å². The first-order valence-corrected chi connectivity index (χ1v) is 7.38. The SMILES string of the molecule is CCOc1ccc(NC(=O)c2snnc2C)cc1CCl. The number of nitrogens with one attached hydrogen (secondary N) is 1. The van der Waals surface area contributed by atoms with Gasteiger partial charge in [-0.05, 0) is 43.6 Å². The average Bonchev–Trinajstić information content (AvgIpc) is 2.87. The smallest absolute Gasteiger partial charge is 0.269 e. The van der Waals surface area contributed by atoms with E-state index in [0.29, 0.717) is 28.7 Å². The highest BCUT2D eigenvalue weighted by molar-refractivity contribution is 7.08. The van der Waals surface area contributed by atoms with E-state index in [0.717, 1.165) is 22.8 Å². The number of carbonyl (C=O) groups is 1. The van der Waals surface area contributed by atoms with Crippen LogP contribution in [0.25, 0.3) is 0 Å². The summed E-state index contributed by atoms with van der Waals surface area (Å²) in [5.41, 5.74) is 2.13. The Bertz CT molecular complexity index is 615. The maximum Gasteiger partial charge on any atom is 0.269 e. The van der Waals surface area contributed by atoms with Crippen molar-refractivity contribution in [2.45, 2.75) is 19.7 Å². The molecule has 0 unspecified atom stereocenters. The van der Waals surface area contributed by atoms with Crippen LogP contribution in [0.5, 0.6) is 5.75 Å². The van der Waals surface area contributed by atoms with Crippen molar-refractivity contribution in [3.05, 3.63) is 34.3 Å². The molecule has 0 aliphatic carbocycles. The van der Waals surface area contributed by atoms with E-state index in [1.54, 1.807) is 25.1 Å². The zero-order valence-electron chi connectivity index (χ0n) is 11.1. The molecule has 20 heavy (non-hydrogen) atoms. The Hall–Kier alpha value is -1.66. The van der Waals surface area contributed by atoms with E-state index in [4.69, 9.17) is 16.3 Å². The van der Waals surface area contributed by atoms with E-state index >= 15 is 0 Å². The van der Waals surface area contributed by atoms with E-state index in [2.05, 4.69) is 14.9 Å². The highest BCUT2D eigenvalue weighted by atomic mass is 35.5. The van der Waals surface area contributed by atoms with Crippen molar-refractivity contribution in [1.29, 1.82) is 0 Å². The van der Waals surface area contributed by atoms with Crippen molar-refractivity contribution >= 4 is 34.7 Å². The van der Waals surface area contributed by atoms with Gasteiger partial charge in [0.25, 0.3) is 5.91 Å². The molecule has 0 aliphatic rings. The fourth-order valence-electron chi connectivity index (χ4n) is 1.69. The molecule has 1 aromatic carbocycles. The van der Waals surface area contributed by atoms with Crippen LogP contribution in [0.2, 0.25) is 0 Å². The van der Waals surface area contributed by atoms with Crippen LogP contribution >= 0.6 is 23.1 Å². The van der Waals surface area contributed by atoms with Crippen molar-refractivity contribution in [3.63, 3.8) is 0 Å². The third-order valence-electron chi connectivity index (χ3n) is 2.62. The predicted molar refractivity (Wildman–Crippen MR) is 79.8 cm³/mol. The zero-order chi connectivity index (χ0) is 14.5. The van der Waals surface area contributed by atoms with Crippen LogP contribution in [0.4, 0.5) is 5.69 Å². The van der Waals surface area contributed by atoms with Gasteiger partial charge in [0.15, 0.2) is 0 Å². The Kier molecular flexibility index (Phi) is 4.92. The summed E-state index contributed by atoms with van der Waals surface area (Å²) in [6, 6.07) is 5.39. The molecule has 0 fully saturated rings. The van der Waals surface area contributed by atoms with E-state index < -0.39 is 0 Å². The molecule has 5 nitrogen and oxygen atoms in total. The number of carbonyl (C=O) groups excluding carboxylic acids is 1. The van der Waals surface area contributed by atoms with E-state index in [-0.39, 0.29) is 5.91 Å². The third kappa shape index (κ3) is 3.26.